The van der Waals surface area contributed by atoms with Crippen molar-refractivity contribution in [3.8, 4) is 11.5 Å². The normalized spacial score (nSPS) is 20.0. The van der Waals surface area contributed by atoms with Gasteiger partial charge in [0.1, 0.15) is 21.3 Å². The fourth-order valence-corrected chi connectivity index (χ4v) is 5.62. The zero-order valence-corrected chi connectivity index (χ0v) is 21.4. The molecule has 2 aromatic rings. The van der Waals surface area contributed by atoms with Crippen LogP contribution in [0.4, 0.5) is 13.2 Å². The average molecular weight is 539 g/mol. The van der Waals surface area contributed by atoms with Crippen molar-refractivity contribution in [2.24, 2.45) is 5.92 Å². The Labute approximate surface area is 214 Å². The summed E-state index contributed by atoms with van der Waals surface area (Å²) in [6, 6.07) is 9.45. The molecular weight excluding hydrogens is 509 g/mol. The van der Waals surface area contributed by atoms with Crippen molar-refractivity contribution in [3.63, 3.8) is 0 Å². The number of benzene rings is 2. The Morgan fingerprint density at radius 1 is 1.05 bits per heavy atom. The Bertz CT molecular complexity index is 1280. The third-order valence-corrected chi connectivity index (χ3v) is 7.88. The van der Waals surface area contributed by atoms with Crippen LogP contribution in [0.3, 0.4) is 0 Å². The highest BCUT2D eigenvalue weighted by molar-refractivity contribution is 7.90. The van der Waals surface area contributed by atoms with E-state index in [-0.39, 0.29) is 41.7 Å². The van der Waals surface area contributed by atoms with Gasteiger partial charge in [0.15, 0.2) is 0 Å². The molecule has 2 aromatic carbocycles. The third kappa shape index (κ3) is 6.44. The molecular formula is C26H29F3N2O5S. The maximum absolute atomic E-state index is 13.2. The van der Waals surface area contributed by atoms with E-state index in [0.29, 0.717) is 38.2 Å². The highest BCUT2D eigenvalue weighted by Gasteiger charge is 2.40. The largest absolute Gasteiger partial charge is 0.457 e. The van der Waals surface area contributed by atoms with Crippen molar-refractivity contribution in [2.45, 2.75) is 38.4 Å². The molecule has 1 fully saturated rings. The Morgan fingerprint density at radius 3 is 2.32 bits per heavy atom. The van der Waals surface area contributed by atoms with Gasteiger partial charge >= 0.3 is 6.18 Å². The van der Waals surface area contributed by atoms with E-state index in [2.05, 4.69) is 0 Å². The number of fused-ring (bicyclic) bond motifs is 1. The minimum Gasteiger partial charge on any atom is -0.457 e. The van der Waals surface area contributed by atoms with Crippen molar-refractivity contribution >= 4 is 21.7 Å². The zero-order chi connectivity index (χ0) is 27.0. The number of carbonyl (C=O) groups excluding carboxylic acids is 2. The van der Waals surface area contributed by atoms with Crippen LogP contribution in [-0.2, 0) is 32.0 Å². The lowest BCUT2D eigenvalue weighted by Gasteiger charge is -2.41. The summed E-state index contributed by atoms with van der Waals surface area (Å²) in [4.78, 5) is 28.6. The van der Waals surface area contributed by atoms with Gasteiger partial charge in [0.05, 0.1) is 17.4 Å². The Balaban J connectivity index is 1.63. The SMILES string of the molecule is CC(=O)N1CC[C@@H]([C@@H]2c3cc(Oc4ccc(C(F)(F)F)cc4)ccc3CCN2C(=O)CCS(C)(=O)=O)C1. The van der Waals surface area contributed by atoms with E-state index in [0.717, 1.165) is 29.5 Å². The predicted molar refractivity (Wildman–Crippen MR) is 131 cm³/mol. The van der Waals surface area contributed by atoms with Crippen LogP contribution in [-0.4, -0.2) is 61.7 Å². The molecule has 0 aromatic heterocycles. The van der Waals surface area contributed by atoms with Gasteiger partial charge in [-0.2, -0.15) is 13.2 Å². The van der Waals surface area contributed by atoms with Crippen LogP contribution >= 0.6 is 0 Å². The summed E-state index contributed by atoms with van der Waals surface area (Å²) in [5.74, 6) is 0.0413. The number of carbonyl (C=O) groups is 2. The fourth-order valence-electron chi connectivity index (χ4n) is 5.07. The van der Waals surface area contributed by atoms with Crippen molar-refractivity contribution in [2.75, 3.05) is 31.6 Å². The van der Waals surface area contributed by atoms with Gasteiger partial charge < -0.3 is 14.5 Å². The first-order valence-electron chi connectivity index (χ1n) is 12.0. The quantitative estimate of drug-likeness (QED) is 0.550. The predicted octanol–water partition coefficient (Wildman–Crippen LogP) is 4.23. The number of rotatable bonds is 6. The molecule has 37 heavy (non-hydrogen) atoms. The first-order valence-corrected chi connectivity index (χ1v) is 14.1. The van der Waals surface area contributed by atoms with E-state index in [9.17, 15) is 31.2 Å². The van der Waals surface area contributed by atoms with Crippen LogP contribution in [0.25, 0.3) is 0 Å². The smallest absolute Gasteiger partial charge is 0.416 e. The average Bonchev–Trinajstić information content (AvgIpc) is 3.31. The summed E-state index contributed by atoms with van der Waals surface area (Å²) in [6.45, 7) is 2.97. The Hall–Kier alpha value is -3.08. The van der Waals surface area contributed by atoms with Crippen molar-refractivity contribution < 1.29 is 35.9 Å². The molecule has 2 amide bonds. The number of halogens is 3. The number of nitrogens with zero attached hydrogens (tertiary/aromatic N) is 2. The maximum atomic E-state index is 13.2. The van der Waals surface area contributed by atoms with Gasteiger partial charge in [-0.05, 0) is 60.4 Å². The zero-order valence-electron chi connectivity index (χ0n) is 20.6. The van der Waals surface area contributed by atoms with Gasteiger partial charge in [-0.15, -0.1) is 0 Å². The lowest BCUT2D eigenvalue weighted by molar-refractivity contribution is -0.137. The Kier molecular flexibility index (Phi) is 7.55. The van der Waals surface area contributed by atoms with Gasteiger partial charge in [0.2, 0.25) is 11.8 Å². The minimum absolute atomic E-state index is 0.0483. The number of hydrogen-bond donors (Lipinski definition) is 0. The van der Waals surface area contributed by atoms with Crippen LogP contribution in [0.1, 0.15) is 42.5 Å². The highest BCUT2D eigenvalue weighted by atomic mass is 32.2. The molecule has 0 bridgehead atoms. The van der Waals surface area contributed by atoms with Crippen molar-refractivity contribution in [1.29, 1.82) is 0 Å². The molecule has 200 valence electrons. The van der Waals surface area contributed by atoms with E-state index in [1.165, 1.54) is 19.1 Å². The molecule has 4 rings (SSSR count). The van der Waals surface area contributed by atoms with Crippen LogP contribution < -0.4 is 4.74 Å². The first-order chi connectivity index (χ1) is 17.3. The van der Waals surface area contributed by atoms with E-state index >= 15 is 0 Å². The Morgan fingerprint density at radius 2 is 1.73 bits per heavy atom. The second-order valence-electron chi connectivity index (χ2n) is 9.66. The molecule has 2 atom stereocenters. The lowest BCUT2D eigenvalue weighted by atomic mass is 9.83. The molecule has 0 N–H and O–H groups in total. The van der Waals surface area contributed by atoms with Crippen LogP contribution in [0.5, 0.6) is 11.5 Å². The van der Waals surface area contributed by atoms with E-state index in [4.69, 9.17) is 4.74 Å². The summed E-state index contributed by atoms with van der Waals surface area (Å²) in [6.07, 6.45) is -2.23. The molecule has 0 saturated carbocycles. The number of likely N-dealkylation sites (tertiary alicyclic amines) is 1. The lowest BCUT2D eigenvalue weighted by Crippen LogP contribution is -2.44. The minimum atomic E-state index is -4.44. The molecule has 11 heteroatoms. The molecule has 0 spiro atoms. The van der Waals surface area contributed by atoms with Gasteiger partial charge in [-0.1, -0.05) is 6.07 Å². The first kappa shape index (κ1) is 27.0. The van der Waals surface area contributed by atoms with E-state index in [1.54, 1.807) is 21.9 Å². The molecule has 0 radical (unpaired) electrons. The highest BCUT2D eigenvalue weighted by Crippen LogP contribution is 2.42. The molecule has 2 heterocycles. The second-order valence-corrected chi connectivity index (χ2v) is 11.9. The molecule has 1 saturated heterocycles. The van der Waals surface area contributed by atoms with E-state index < -0.39 is 21.6 Å². The summed E-state index contributed by atoms with van der Waals surface area (Å²) in [5, 5.41) is 0. The van der Waals surface area contributed by atoms with Crippen molar-refractivity contribution in [3.05, 3.63) is 59.2 Å². The maximum Gasteiger partial charge on any atom is 0.416 e. The number of amides is 2. The number of ether oxygens (including phenoxy) is 1. The summed E-state index contributed by atoms with van der Waals surface area (Å²) in [7, 11) is -3.32. The summed E-state index contributed by atoms with van der Waals surface area (Å²) in [5.41, 5.74) is 1.09. The number of hydrogen-bond acceptors (Lipinski definition) is 5. The standard InChI is InChI=1S/C26H29F3N2O5S/c1-17(32)30-12-9-19(16-30)25-23-15-22(36-21-7-4-20(5-8-21)26(27,28)29)6-3-18(23)10-13-31(25)24(33)11-14-37(2,34)35/h3-8,15,19,25H,9-14,16H2,1-2H3/t19-,25-/m1/s1. The van der Waals surface area contributed by atoms with Crippen LogP contribution in [0.2, 0.25) is 0 Å². The van der Waals surface area contributed by atoms with Gasteiger partial charge in [0.25, 0.3) is 0 Å². The van der Waals surface area contributed by atoms with Crippen LogP contribution in [0.15, 0.2) is 42.5 Å². The van der Waals surface area contributed by atoms with Gasteiger partial charge in [-0.3, -0.25) is 9.59 Å². The number of alkyl halides is 3. The molecule has 2 aliphatic rings. The number of sulfone groups is 1. The molecule has 7 nitrogen and oxygen atoms in total. The summed E-state index contributed by atoms with van der Waals surface area (Å²) < 4.78 is 67.9. The van der Waals surface area contributed by atoms with Crippen molar-refractivity contribution in [1.82, 2.24) is 9.80 Å². The van der Waals surface area contributed by atoms with Gasteiger partial charge in [-0.25, -0.2) is 8.42 Å². The van der Waals surface area contributed by atoms with E-state index in [1.807, 2.05) is 6.07 Å². The molecule has 2 aliphatic heterocycles. The topological polar surface area (TPSA) is 84.0 Å². The monoisotopic (exact) mass is 538 g/mol. The molecule has 0 aliphatic carbocycles. The fraction of sp³-hybridized carbons (Fsp3) is 0.462. The summed E-state index contributed by atoms with van der Waals surface area (Å²) >= 11 is 0. The van der Waals surface area contributed by atoms with Gasteiger partial charge in [0, 0.05) is 45.2 Å². The third-order valence-electron chi connectivity index (χ3n) is 6.93. The molecule has 0 unspecified atom stereocenters. The van der Waals surface area contributed by atoms with Crippen LogP contribution in [0, 0.1) is 5.92 Å². The second kappa shape index (κ2) is 10.4.